The van der Waals surface area contributed by atoms with Gasteiger partial charge in [-0.25, -0.2) is 23.3 Å². The molecule has 0 spiro atoms. The van der Waals surface area contributed by atoms with Crippen LogP contribution in [0.2, 0.25) is 0 Å². The summed E-state index contributed by atoms with van der Waals surface area (Å²) in [6.07, 6.45) is 0. The van der Waals surface area contributed by atoms with Gasteiger partial charge in [-0.1, -0.05) is 52.8 Å². The molecule has 0 aliphatic rings. The Morgan fingerprint density at radius 3 is 1.97 bits per heavy atom. The number of hydrogen-bond donors (Lipinski definition) is 1. The van der Waals surface area contributed by atoms with E-state index in [1.165, 1.54) is 0 Å². The molecule has 1 aromatic heterocycles. The topological polar surface area (TPSA) is 47.2 Å². The fourth-order valence-electron chi connectivity index (χ4n) is 2.96. The minimum absolute atomic E-state index is 0. The second-order valence-electron chi connectivity index (χ2n) is 5.65. The van der Waals surface area contributed by atoms with E-state index in [0.29, 0.717) is 24.2 Å². The first kappa shape index (κ1) is 31.2. The van der Waals surface area contributed by atoms with E-state index in [1.54, 1.807) is 9.36 Å². The number of nitrogens with zero attached hydrogens (tertiary/aromatic N) is 2. The van der Waals surface area contributed by atoms with E-state index < -0.39 is 0 Å². The van der Waals surface area contributed by atoms with Crippen molar-refractivity contribution in [2.75, 3.05) is 0 Å². The molecule has 30 heavy (non-hydrogen) atoms. The summed E-state index contributed by atoms with van der Waals surface area (Å²) in [6, 6.07) is 18.1. The number of aromatic nitrogens is 2. The minimum atomic E-state index is -0.193. The Morgan fingerprint density at radius 2 is 1.50 bits per heavy atom. The Balaban J connectivity index is 0. The molecular weight excluding hydrogens is 621 g/mol. The molecular formula is C24H32N2O2WY-2. The number of aromatic hydroxyl groups is 1. The molecule has 0 fully saturated rings. The van der Waals surface area contributed by atoms with E-state index in [4.69, 9.17) is 0 Å². The summed E-state index contributed by atoms with van der Waals surface area (Å²) in [5.41, 5.74) is 3.36. The molecule has 0 unspecified atom stereocenters. The van der Waals surface area contributed by atoms with Gasteiger partial charge in [0.05, 0.1) is 0 Å². The quantitative estimate of drug-likeness (QED) is 0.369. The third-order valence-electron chi connectivity index (χ3n) is 4.20. The molecule has 2 aromatic carbocycles. The third kappa shape index (κ3) is 6.77. The normalized spacial score (nSPS) is 9.17. The zero-order valence-electron chi connectivity index (χ0n) is 19.1. The maximum atomic E-state index is 12.8. The van der Waals surface area contributed by atoms with Gasteiger partial charge in [0, 0.05) is 66.9 Å². The van der Waals surface area contributed by atoms with Crippen molar-refractivity contribution >= 4 is 0 Å². The van der Waals surface area contributed by atoms with E-state index in [9.17, 15) is 9.90 Å². The summed E-state index contributed by atoms with van der Waals surface area (Å²) in [5, 5.41) is 10.6. The predicted molar refractivity (Wildman–Crippen MR) is 118 cm³/mol. The Labute approximate surface area is 220 Å². The van der Waals surface area contributed by atoms with E-state index in [-0.39, 0.29) is 65.2 Å². The van der Waals surface area contributed by atoms with Crippen LogP contribution in [0.4, 0.5) is 0 Å². The Bertz CT molecular complexity index is 934. The number of hydrogen-bond acceptors (Lipinski definition) is 2. The van der Waals surface area contributed by atoms with Crippen molar-refractivity contribution < 1.29 is 58.9 Å². The van der Waals surface area contributed by atoms with Gasteiger partial charge in [-0.05, 0) is 19.4 Å². The summed E-state index contributed by atoms with van der Waals surface area (Å²) in [4.78, 5) is 12.8. The maximum absolute atomic E-state index is 12.8. The van der Waals surface area contributed by atoms with Gasteiger partial charge in [0.1, 0.15) is 5.88 Å². The summed E-state index contributed by atoms with van der Waals surface area (Å²) in [5.74, 6) is -0.00564. The van der Waals surface area contributed by atoms with Crippen LogP contribution in [0, 0.1) is 19.1 Å². The first-order chi connectivity index (χ1) is 13.6. The van der Waals surface area contributed by atoms with Gasteiger partial charge in [-0.2, -0.15) is 17.2 Å². The van der Waals surface area contributed by atoms with Crippen LogP contribution in [0.15, 0.2) is 41.2 Å². The van der Waals surface area contributed by atoms with Crippen LogP contribution in [0.25, 0.3) is 22.3 Å². The van der Waals surface area contributed by atoms with Crippen LogP contribution < -0.4 is 5.56 Å². The van der Waals surface area contributed by atoms with Crippen molar-refractivity contribution in [1.82, 2.24) is 9.36 Å². The van der Waals surface area contributed by atoms with Crippen LogP contribution in [-0.2, 0) is 66.9 Å². The predicted octanol–water partition coefficient (Wildman–Crippen LogP) is 5.69. The smallest absolute Gasteiger partial charge is 0.211 e. The largest absolute Gasteiger partial charge is 0.504 e. The van der Waals surface area contributed by atoms with Gasteiger partial charge in [0.25, 0.3) is 0 Å². The third-order valence-corrected chi connectivity index (χ3v) is 4.20. The molecule has 3 aromatic rings. The molecule has 1 N–H and O–H groups in total. The average Bonchev–Trinajstić information content (AvgIpc) is 3.00. The van der Waals surface area contributed by atoms with Crippen LogP contribution in [0.1, 0.15) is 47.1 Å². The van der Waals surface area contributed by atoms with Gasteiger partial charge >= 0.3 is 0 Å². The van der Waals surface area contributed by atoms with Crippen molar-refractivity contribution in [3.05, 3.63) is 64.4 Å². The van der Waals surface area contributed by atoms with E-state index in [2.05, 4.69) is 12.1 Å². The van der Waals surface area contributed by atoms with E-state index >= 15 is 0 Å². The second-order valence-corrected chi connectivity index (χ2v) is 5.65. The molecule has 0 saturated heterocycles. The number of rotatable bonds is 4. The standard InChI is InChI=1S/C20H20N2O2.2C2H6.W.Y/c1-4-21-19(23)18(20(24)22(21)5-2)17-13-16(12-11-14(17)3)15-9-7-6-8-10-15;2*1-2;;/h6-11,23H,4-5H2,1-3H3;2*1-2H3;;/q-2;;;;. The molecule has 1 heterocycles. The zero-order chi connectivity index (χ0) is 21.3. The second kappa shape index (κ2) is 15.8. The molecule has 0 bridgehead atoms. The molecule has 6 heteroatoms. The fourth-order valence-corrected chi connectivity index (χ4v) is 2.96. The van der Waals surface area contributed by atoms with Crippen molar-refractivity contribution in [3.63, 3.8) is 0 Å². The molecule has 0 aliphatic heterocycles. The molecule has 3 rings (SSSR count). The van der Waals surface area contributed by atoms with Crippen LogP contribution >= 0.6 is 0 Å². The molecule has 0 amide bonds. The Morgan fingerprint density at radius 1 is 0.967 bits per heavy atom. The number of benzene rings is 2. The first-order valence-electron chi connectivity index (χ1n) is 10.1. The van der Waals surface area contributed by atoms with Crippen LogP contribution in [0.3, 0.4) is 0 Å². The monoisotopic (exact) mass is 653 g/mol. The van der Waals surface area contributed by atoms with Crippen molar-refractivity contribution in [1.29, 1.82) is 0 Å². The molecule has 0 atom stereocenters. The fraction of sp³-hybridized carbons (Fsp3) is 0.375. The minimum Gasteiger partial charge on any atom is -0.504 e. The number of aryl methyl sites for hydroxylation is 1. The molecule has 1 radical (unpaired) electrons. The van der Waals surface area contributed by atoms with E-state index in [0.717, 1.165) is 16.7 Å². The van der Waals surface area contributed by atoms with Crippen molar-refractivity contribution in [2.24, 2.45) is 0 Å². The van der Waals surface area contributed by atoms with Crippen LogP contribution in [-0.4, -0.2) is 14.5 Å². The molecule has 0 aliphatic carbocycles. The van der Waals surface area contributed by atoms with Crippen LogP contribution in [0.5, 0.6) is 5.88 Å². The van der Waals surface area contributed by atoms with Crippen molar-refractivity contribution in [3.8, 4) is 28.1 Å². The SMILES string of the molecule is CC.CC.CCn1c(O)c(-c2[c-]c(-c3ccccc3)[c-]cc2C)c(=O)n1CC.[W].[Y]. The summed E-state index contributed by atoms with van der Waals surface area (Å²) < 4.78 is 3.15. The zero-order valence-corrected chi connectivity index (χ0v) is 24.9. The van der Waals surface area contributed by atoms with Gasteiger partial charge in [0.15, 0.2) is 0 Å². The summed E-state index contributed by atoms with van der Waals surface area (Å²) in [7, 11) is 0. The van der Waals surface area contributed by atoms with Gasteiger partial charge < -0.3 is 5.11 Å². The first-order valence-corrected chi connectivity index (χ1v) is 10.1. The maximum Gasteiger partial charge on any atom is 0.211 e. The Hall–Kier alpha value is -0.958. The summed E-state index contributed by atoms with van der Waals surface area (Å²) >= 11 is 0. The molecule has 161 valence electrons. The average molecular weight is 653 g/mol. The molecule has 0 saturated carbocycles. The van der Waals surface area contributed by atoms with Gasteiger partial charge in [0.2, 0.25) is 5.56 Å². The molecule has 4 nitrogen and oxygen atoms in total. The Kier molecular flexibility index (Phi) is 16.4. The van der Waals surface area contributed by atoms with Gasteiger partial charge in [-0.3, -0.25) is 14.2 Å². The van der Waals surface area contributed by atoms with Crippen molar-refractivity contribution in [2.45, 2.75) is 61.6 Å². The summed E-state index contributed by atoms with van der Waals surface area (Å²) in [6.45, 7) is 14.7. The van der Waals surface area contributed by atoms with E-state index in [1.807, 2.05) is 84.9 Å². The van der Waals surface area contributed by atoms with Gasteiger partial charge in [-0.15, -0.1) is 12.1 Å².